The number of halogens is 1. The Morgan fingerprint density at radius 2 is 2.27 bits per heavy atom. The molecule has 1 aliphatic rings. The molecule has 0 saturated carbocycles. The zero-order chi connectivity index (χ0) is 15.4. The number of nitrogens with one attached hydrogen (secondary N) is 1. The summed E-state index contributed by atoms with van der Waals surface area (Å²) in [6, 6.07) is 7.29. The van der Waals surface area contributed by atoms with E-state index in [1.54, 1.807) is 24.6 Å². The van der Waals surface area contributed by atoms with Gasteiger partial charge in [-0.15, -0.1) is 0 Å². The molecular weight excluding hydrogens is 346 g/mol. The summed E-state index contributed by atoms with van der Waals surface area (Å²) in [6.07, 6.45) is 7.52. The van der Waals surface area contributed by atoms with Crippen molar-refractivity contribution in [2.75, 3.05) is 11.9 Å². The minimum absolute atomic E-state index is 0.00257. The SMILES string of the molecule is O=C(Nc1ccnc(Br)c1)N1CCCCCC1c1ccco1. The van der Waals surface area contributed by atoms with E-state index in [9.17, 15) is 4.79 Å². The molecule has 0 bridgehead atoms. The fourth-order valence-corrected chi connectivity index (χ4v) is 3.17. The minimum Gasteiger partial charge on any atom is -0.467 e. The predicted octanol–water partition coefficient (Wildman–Crippen LogP) is 4.59. The fourth-order valence-electron chi connectivity index (χ4n) is 2.80. The standard InChI is InChI=1S/C16H18BrN3O2/c17-15-11-12(7-8-18-15)19-16(21)20-9-3-1-2-5-13(20)14-6-4-10-22-14/h4,6-8,10-11,13H,1-3,5,9H2,(H,18,19,21). The topological polar surface area (TPSA) is 58.4 Å². The zero-order valence-corrected chi connectivity index (χ0v) is 13.8. The summed E-state index contributed by atoms with van der Waals surface area (Å²) in [5.74, 6) is 0.855. The highest BCUT2D eigenvalue weighted by Crippen LogP contribution is 2.31. The van der Waals surface area contributed by atoms with Crippen molar-refractivity contribution >= 4 is 27.6 Å². The molecule has 0 aromatic carbocycles. The summed E-state index contributed by atoms with van der Waals surface area (Å²) in [5.41, 5.74) is 0.731. The van der Waals surface area contributed by atoms with Crippen LogP contribution in [0.3, 0.4) is 0 Å². The first-order chi connectivity index (χ1) is 10.7. The Kier molecular flexibility index (Phi) is 4.77. The van der Waals surface area contributed by atoms with Crippen LogP contribution in [0.4, 0.5) is 10.5 Å². The number of anilines is 1. The smallest absolute Gasteiger partial charge is 0.322 e. The van der Waals surface area contributed by atoms with E-state index in [-0.39, 0.29) is 12.1 Å². The van der Waals surface area contributed by atoms with Crippen molar-refractivity contribution in [1.82, 2.24) is 9.88 Å². The molecule has 6 heteroatoms. The number of nitrogens with zero attached hydrogens (tertiary/aromatic N) is 2. The van der Waals surface area contributed by atoms with Crippen molar-refractivity contribution in [2.24, 2.45) is 0 Å². The van der Waals surface area contributed by atoms with E-state index in [0.29, 0.717) is 4.60 Å². The molecule has 3 rings (SSSR count). The summed E-state index contributed by atoms with van der Waals surface area (Å²) >= 11 is 3.31. The van der Waals surface area contributed by atoms with Crippen LogP contribution in [0.1, 0.15) is 37.5 Å². The number of likely N-dealkylation sites (tertiary alicyclic amines) is 1. The van der Waals surface area contributed by atoms with Crippen LogP contribution in [0, 0.1) is 0 Å². The van der Waals surface area contributed by atoms with Gasteiger partial charge >= 0.3 is 6.03 Å². The summed E-state index contributed by atoms with van der Waals surface area (Å²) in [7, 11) is 0. The lowest BCUT2D eigenvalue weighted by Gasteiger charge is -2.28. The van der Waals surface area contributed by atoms with Crippen molar-refractivity contribution in [3.05, 3.63) is 47.1 Å². The van der Waals surface area contributed by atoms with Gasteiger partial charge in [0.1, 0.15) is 10.4 Å². The Hall–Kier alpha value is -1.82. The molecule has 2 aromatic heterocycles. The number of carbonyl (C=O) groups excluding carboxylic acids is 1. The van der Waals surface area contributed by atoms with Crippen LogP contribution in [0.25, 0.3) is 0 Å². The summed E-state index contributed by atoms with van der Waals surface area (Å²) < 4.78 is 6.24. The summed E-state index contributed by atoms with van der Waals surface area (Å²) in [5, 5.41) is 2.95. The number of aromatic nitrogens is 1. The molecule has 5 nitrogen and oxygen atoms in total. The number of pyridine rings is 1. The van der Waals surface area contributed by atoms with E-state index in [1.165, 1.54) is 0 Å². The highest BCUT2D eigenvalue weighted by Gasteiger charge is 2.28. The van der Waals surface area contributed by atoms with Crippen LogP contribution >= 0.6 is 15.9 Å². The van der Waals surface area contributed by atoms with E-state index in [0.717, 1.165) is 43.7 Å². The number of carbonyl (C=O) groups is 1. The largest absolute Gasteiger partial charge is 0.467 e. The van der Waals surface area contributed by atoms with E-state index in [2.05, 4.69) is 26.2 Å². The fraction of sp³-hybridized carbons (Fsp3) is 0.375. The second-order valence-corrected chi connectivity index (χ2v) is 6.18. The van der Waals surface area contributed by atoms with E-state index < -0.39 is 0 Å². The lowest BCUT2D eigenvalue weighted by atomic mass is 10.1. The third kappa shape index (κ3) is 3.50. The van der Waals surface area contributed by atoms with Crippen molar-refractivity contribution in [3.63, 3.8) is 0 Å². The van der Waals surface area contributed by atoms with Gasteiger partial charge in [0.2, 0.25) is 0 Å². The molecule has 1 aliphatic heterocycles. The summed E-state index contributed by atoms with van der Waals surface area (Å²) in [6.45, 7) is 0.740. The number of urea groups is 1. The van der Waals surface area contributed by atoms with Gasteiger partial charge in [-0.25, -0.2) is 9.78 Å². The Balaban J connectivity index is 1.78. The predicted molar refractivity (Wildman–Crippen MR) is 87.6 cm³/mol. The van der Waals surface area contributed by atoms with Gasteiger partial charge in [0.15, 0.2) is 0 Å². The molecule has 1 saturated heterocycles. The molecule has 0 radical (unpaired) electrons. The first-order valence-corrected chi connectivity index (χ1v) is 8.26. The monoisotopic (exact) mass is 363 g/mol. The average Bonchev–Trinajstić information content (AvgIpc) is 2.91. The van der Waals surface area contributed by atoms with Crippen LogP contribution in [-0.2, 0) is 0 Å². The Bertz CT molecular complexity index is 630. The number of hydrogen-bond donors (Lipinski definition) is 1. The van der Waals surface area contributed by atoms with Crippen LogP contribution < -0.4 is 5.32 Å². The Morgan fingerprint density at radius 1 is 1.36 bits per heavy atom. The molecule has 1 N–H and O–H groups in total. The Morgan fingerprint density at radius 3 is 3.05 bits per heavy atom. The quantitative estimate of drug-likeness (QED) is 0.794. The number of hydrogen-bond acceptors (Lipinski definition) is 3. The van der Waals surface area contributed by atoms with Gasteiger partial charge in [-0.1, -0.05) is 12.8 Å². The first kappa shape index (κ1) is 15.1. The molecule has 1 atom stereocenters. The lowest BCUT2D eigenvalue weighted by molar-refractivity contribution is 0.179. The number of furan rings is 1. The van der Waals surface area contributed by atoms with Crippen molar-refractivity contribution < 1.29 is 9.21 Å². The zero-order valence-electron chi connectivity index (χ0n) is 12.2. The molecule has 0 spiro atoms. The molecule has 0 aliphatic carbocycles. The van der Waals surface area contributed by atoms with Crippen molar-refractivity contribution in [2.45, 2.75) is 31.7 Å². The first-order valence-electron chi connectivity index (χ1n) is 7.46. The van der Waals surface area contributed by atoms with Gasteiger partial charge in [-0.3, -0.25) is 0 Å². The third-order valence-corrected chi connectivity index (χ3v) is 4.30. The number of amides is 2. The molecule has 2 amide bonds. The van der Waals surface area contributed by atoms with E-state index >= 15 is 0 Å². The molecule has 2 aromatic rings. The molecule has 1 unspecified atom stereocenters. The minimum atomic E-state index is -0.0959. The molecule has 116 valence electrons. The van der Waals surface area contributed by atoms with Crippen LogP contribution in [0.2, 0.25) is 0 Å². The lowest BCUT2D eigenvalue weighted by Crippen LogP contribution is -2.37. The highest BCUT2D eigenvalue weighted by atomic mass is 79.9. The average molecular weight is 364 g/mol. The van der Waals surface area contributed by atoms with Gasteiger partial charge in [0.05, 0.1) is 12.3 Å². The second kappa shape index (κ2) is 6.96. The van der Waals surface area contributed by atoms with Gasteiger partial charge in [0.25, 0.3) is 0 Å². The number of rotatable bonds is 2. The van der Waals surface area contributed by atoms with Crippen LogP contribution in [-0.4, -0.2) is 22.5 Å². The van der Waals surface area contributed by atoms with Gasteiger partial charge in [-0.2, -0.15) is 0 Å². The maximum Gasteiger partial charge on any atom is 0.322 e. The highest BCUT2D eigenvalue weighted by molar-refractivity contribution is 9.10. The van der Waals surface area contributed by atoms with Crippen LogP contribution in [0.15, 0.2) is 45.7 Å². The maximum atomic E-state index is 12.7. The van der Waals surface area contributed by atoms with Gasteiger partial charge in [0, 0.05) is 18.4 Å². The molecule has 3 heterocycles. The second-order valence-electron chi connectivity index (χ2n) is 5.37. The Labute approximate surface area is 137 Å². The van der Waals surface area contributed by atoms with Crippen molar-refractivity contribution in [1.29, 1.82) is 0 Å². The van der Waals surface area contributed by atoms with Crippen molar-refractivity contribution in [3.8, 4) is 0 Å². The molecular formula is C16H18BrN3O2. The van der Waals surface area contributed by atoms with Crippen LogP contribution in [0.5, 0.6) is 0 Å². The third-order valence-electron chi connectivity index (χ3n) is 3.86. The van der Waals surface area contributed by atoms with Gasteiger partial charge < -0.3 is 14.6 Å². The summed E-state index contributed by atoms with van der Waals surface area (Å²) in [4.78, 5) is 18.6. The molecule has 22 heavy (non-hydrogen) atoms. The van der Waals surface area contributed by atoms with Gasteiger partial charge in [-0.05, 0) is 53.0 Å². The molecule has 1 fully saturated rings. The normalized spacial score (nSPS) is 18.8. The van der Waals surface area contributed by atoms with E-state index in [4.69, 9.17) is 4.42 Å². The maximum absolute atomic E-state index is 12.7. The van der Waals surface area contributed by atoms with E-state index in [1.807, 2.05) is 17.0 Å².